The predicted octanol–water partition coefficient (Wildman–Crippen LogP) is 3.33. The van der Waals surface area contributed by atoms with E-state index in [0.29, 0.717) is 0 Å². The molecule has 22 heavy (non-hydrogen) atoms. The molecule has 0 atom stereocenters. The summed E-state index contributed by atoms with van der Waals surface area (Å²) in [6, 6.07) is 29.6. The zero-order valence-electron chi connectivity index (χ0n) is 13.1. The molecular weight excluding hydrogens is 285 g/mol. The summed E-state index contributed by atoms with van der Waals surface area (Å²) in [6.07, 6.45) is 0. The molecule has 3 rings (SSSR count). The summed E-state index contributed by atoms with van der Waals surface area (Å²) in [5.74, 6) is 0. The first kappa shape index (κ1) is 15.0. The van der Waals surface area contributed by atoms with Crippen LogP contribution < -0.4 is 21.4 Å². The number of benzene rings is 3. The zero-order chi connectivity index (χ0) is 15.7. The van der Waals surface area contributed by atoms with Gasteiger partial charge in [-0.25, -0.2) is 0 Å². The van der Waals surface area contributed by atoms with Crippen LogP contribution in [0.1, 0.15) is 5.56 Å². The quantitative estimate of drug-likeness (QED) is 0.738. The van der Waals surface area contributed by atoms with Crippen molar-refractivity contribution in [3.8, 4) is 0 Å². The van der Waals surface area contributed by atoms with Crippen LogP contribution >= 0.6 is 6.75 Å². The van der Waals surface area contributed by atoms with E-state index in [1.807, 2.05) is 12.1 Å². The van der Waals surface area contributed by atoms with E-state index in [1.54, 1.807) is 0 Å². The molecule has 0 unspecified atom stereocenters. The second-order valence-electron chi connectivity index (χ2n) is 6.11. The normalized spacial score (nSPS) is 13.3. The molecule has 2 N–H and O–H groups in total. The predicted molar refractivity (Wildman–Crippen MR) is 100.0 cm³/mol. The van der Waals surface area contributed by atoms with Gasteiger partial charge in [0.15, 0.2) is 0 Å². The monoisotopic (exact) mass is 307 g/mol. The molecule has 0 aliphatic rings. The second-order valence-corrected chi connectivity index (χ2v) is 10.9. The van der Waals surface area contributed by atoms with Gasteiger partial charge in [-0.3, -0.25) is 0 Å². The molecule has 0 heterocycles. The summed E-state index contributed by atoms with van der Waals surface area (Å²) < 4.78 is 0. The molecule has 0 saturated heterocycles. The summed E-state index contributed by atoms with van der Waals surface area (Å²) in [4.78, 5) is 0. The molecule has 1 nitrogen and oxygen atoms in total. The van der Waals surface area contributed by atoms with Crippen molar-refractivity contribution in [3.63, 3.8) is 0 Å². The minimum atomic E-state index is -2.92. The Hall–Kier alpha value is -1.95. The fourth-order valence-electron chi connectivity index (χ4n) is 3.26. The third-order valence-electron chi connectivity index (χ3n) is 4.58. The van der Waals surface area contributed by atoms with E-state index in [0.717, 1.165) is 0 Å². The van der Waals surface area contributed by atoms with Gasteiger partial charge in [-0.05, 0) is 0 Å². The average molecular weight is 307 g/mol. The molecule has 0 amide bonds. The molecule has 0 aliphatic heterocycles. The van der Waals surface area contributed by atoms with Crippen molar-refractivity contribution in [2.24, 2.45) is 5.50 Å². The van der Waals surface area contributed by atoms with Gasteiger partial charge in [-0.1, -0.05) is 0 Å². The maximum atomic E-state index is 7.34. The Kier molecular flexibility index (Phi) is 3.64. The summed E-state index contributed by atoms with van der Waals surface area (Å²) in [5, 5.41) is 3.69. The Labute approximate surface area is 132 Å². The first-order valence-electron chi connectivity index (χ1n) is 7.52. The first-order chi connectivity index (χ1) is 10.5. The van der Waals surface area contributed by atoms with Crippen molar-refractivity contribution >= 4 is 22.7 Å². The first-order valence-corrected chi connectivity index (χ1v) is 10.3. The van der Waals surface area contributed by atoms with E-state index in [4.69, 9.17) is 5.50 Å². The van der Waals surface area contributed by atoms with Gasteiger partial charge in [-0.15, -0.1) is 0 Å². The van der Waals surface area contributed by atoms with Crippen molar-refractivity contribution in [1.82, 2.24) is 0 Å². The Morgan fingerprint density at radius 2 is 1.05 bits per heavy atom. The zero-order valence-corrected chi connectivity index (χ0v) is 14.0. The molecule has 0 fully saturated rings. The average Bonchev–Trinajstić information content (AvgIpc) is 2.57. The van der Waals surface area contributed by atoms with Crippen LogP contribution in [0, 0.1) is 6.92 Å². The third kappa shape index (κ3) is 2.18. The van der Waals surface area contributed by atoms with E-state index in [2.05, 4.69) is 86.4 Å². The third-order valence-corrected chi connectivity index (χ3v) is 9.58. The Morgan fingerprint density at radius 3 is 1.50 bits per heavy atom. The Bertz CT molecular complexity index is 736. The molecule has 0 saturated carbocycles. The van der Waals surface area contributed by atoms with Crippen LogP contribution in [0.15, 0.2) is 84.9 Å². The molecule has 3 aromatic carbocycles. The molecule has 112 valence electrons. The van der Waals surface area contributed by atoms with Gasteiger partial charge in [0.25, 0.3) is 0 Å². The summed E-state index contributed by atoms with van der Waals surface area (Å²) in [7, 11) is 0. The molecule has 0 spiro atoms. The van der Waals surface area contributed by atoms with E-state index < -0.39 is 6.75 Å². The molecule has 0 aliphatic carbocycles. The maximum absolute atomic E-state index is 7.34. The molecule has 0 radical (unpaired) electrons. The minimum absolute atomic E-state index is 1.22. The van der Waals surface area contributed by atoms with Crippen LogP contribution in [0.2, 0.25) is 0 Å². The fourth-order valence-corrected chi connectivity index (χ4v) is 7.45. The van der Waals surface area contributed by atoms with Gasteiger partial charge in [-0.2, -0.15) is 0 Å². The molecule has 3 aromatic rings. The second kappa shape index (κ2) is 5.35. The standard InChI is InChI=1S/C20H22NP/c1-17-11-9-10-16-20(17)22(2,21,18-12-5-3-6-13-18)19-14-7-4-8-15-19/h3-16H,21H2,1-2H3. The van der Waals surface area contributed by atoms with Crippen molar-refractivity contribution in [1.29, 1.82) is 0 Å². The van der Waals surface area contributed by atoms with Crippen LogP contribution in [0.4, 0.5) is 0 Å². The van der Waals surface area contributed by atoms with Crippen molar-refractivity contribution < 1.29 is 0 Å². The van der Waals surface area contributed by atoms with Gasteiger partial charge >= 0.3 is 132 Å². The van der Waals surface area contributed by atoms with E-state index in [9.17, 15) is 0 Å². The number of aryl methyl sites for hydroxylation is 1. The van der Waals surface area contributed by atoms with Crippen LogP contribution in [-0.4, -0.2) is 6.66 Å². The molecule has 0 aromatic heterocycles. The number of nitrogens with two attached hydrogens (primary N) is 1. The van der Waals surface area contributed by atoms with Crippen LogP contribution in [-0.2, 0) is 0 Å². The van der Waals surface area contributed by atoms with Crippen LogP contribution in [0.5, 0.6) is 0 Å². The summed E-state index contributed by atoms with van der Waals surface area (Å²) in [6.45, 7) is 1.48. The molecule has 2 heteroatoms. The Morgan fingerprint density at radius 1 is 0.636 bits per heavy atom. The number of hydrogen-bond acceptors (Lipinski definition) is 1. The van der Waals surface area contributed by atoms with Gasteiger partial charge in [0, 0.05) is 0 Å². The fraction of sp³-hybridized carbons (Fsp3) is 0.100. The van der Waals surface area contributed by atoms with E-state index in [-0.39, 0.29) is 0 Å². The molecular formula is C20H22NP. The van der Waals surface area contributed by atoms with Crippen LogP contribution in [0.25, 0.3) is 0 Å². The summed E-state index contributed by atoms with van der Waals surface area (Å²) >= 11 is 0. The van der Waals surface area contributed by atoms with Gasteiger partial charge in [0.1, 0.15) is 0 Å². The summed E-state index contributed by atoms with van der Waals surface area (Å²) in [5.41, 5.74) is 8.58. The van der Waals surface area contributed by atoms with E-state index >= 15 is 0 Å². The van der Waals surface area contributed by atoms with Crippen molar-refractivity contribution in [2.75, 3.05) is 6.66 Å². The SMILES string of the molecule is Cc1ccccc1P(C)(N)(c1ccccc1)c1ccccc1. The molecule has 0 bridgehead atoms. The van der Waals surface area contributed by atoms with Gasteiger partial charge in [0.2, 0.25) is 0 Å². The van der Waals surface area contributed by atoms with Crippen LogP contribution in [0.3, 0.4) is 0 Å². The van der Waals surface area contributed by atoms with E-state index in [1.165, 1.54) is 21.5 Å². The Balaban J connectivity index is 2.41. The number of rotatable bonds is 3. The van der Waals surface area contributed by atoms with Gasteiger partial charge < -0.3 is 0 Å². The van der Waals surface area contributed by atoms with Crippen molar-refractivity contribution in [2.45, 2.75) is 6.92 Å². The number of hydrogen-bond donors (Lipinski definition) is 1. The van der Waals surface area contributed by atoms with Crippen molar-refractivity contribution in [3.05, 3.63) is 90.5 Å². The van der Waals surface area contributed by atoms with Gasteiger partial charge in [0.05, 0.1) is 0 Å². The topological polar surface area (TPSA) is 26.0 Å².